The molecule has 3 saturated heterocycles. The number of aliphatic imine (C=N–C) groups is 1. The Morgan fingerprint density at radius 3 is 2.68 bits per heavy atom. The van der Waals surface area contributed by atoms with E-state index in [9.17, 15) is 0 Å². The summed E-state index contributed by atoms with van der Waals surface area (Å²) in [5.41, 5.74) is 2.31. The van der Waals surface area contributed by atoms with Crippen LogP contribution in [0.15, 0.2) is 23.2 Å². The summed E-state index contributed by atoms with van der Waals surface area (Å²) in [6.07, 6.45) is 0. The molecule has 138 valence electrons. The van der Waals surface area contributed by atoms with Gasteiger partial charge in [-0.15, -0.1) is 0 Å². The van der Waals surface area contributed by atoms with E-state index < -0.39 is 0 Å². The molecule has 6 nitrogen and oxygen atoms in total. The summed E-state index contributed by atoms with van der Waals surface area (Å²) in [4.78, 5) is 9.91. The van der Waals surface area contributed by atoms with E-state index in [0.29, 0.717) is 12.6 Å². The van der Waals surface area contributed by atoms with E-state index >= 15 is 0 Å². The van der Waals surface area contributed by atoms with Crippen molar-refractivity contribution in [3.05, 3.63) is 29.3 Å². The van der Waals surface area contributed by atoms with Gasteiger partial charge in [-0.05, 0) is 25.5 Å². The average molecular weight is 345 g/mol. The van der Waals surface area contributed by atoms with E-state index in [1.807, 2.05) is 0 Å². The third-order valence-electron chi connectivity index (χ3n) is 5.09. The molecule has 1 unspecified atom stereocenters. The summed E-state index contributed by atoms with van der Waals surface area (Å²) >= 11 is 0. The predicted molar refractivity (Wildman–Crippen MR) is 102 cm³/mol. The predicted octanol–water partition coefficient (Wildman–Crippen LogP) is 1.06. The molecule has 25 heavy (non-hydrogen) atoms. The monoisotopic (exact) mass is 345 g/mol. The van der Waals surface area contributed by atoms with Gasteiger partial charge < -0.3 is 15.4 Å². The van der Waals surface area contributed by atoms with Crippen molar-refractivity contribution in [2.75, 3.05) is 52.9 Å². The highest BCUT2D eigenvalue weighted by atomic mass is 16.5. The van der Waals surface area contributed by atoms with E-state index in [-0.39, 0.29) is 0 Å². The molecule has 0 aromatic heterocycles. The van der Waals surface area contributed by atoms with Gasteiger partial charge in [0.15, 0.2) is 5.96 Å². The van der Waals surface area contributed by atoms with Crippen LogP contribution >= 0.6 is 0 Å². The van der Waals surface area contributed by atoms with Gasteiger partial charge in [0.05, 0.1) is 13.7 Å². The minimum absolute atomic E-state index is 0.584. The quantitative estimate of drug-likeness (QED) is 0.596. The van der Waals surface area contributed by atoms with Crippen LogP contribution in [0.4, 0.5) is 0 Å². The molecular formula is C19H31N5O. The van der Waals surface area contributed by atoms with Crippen molar-refractivity contribution in [3.63, 3.8) is 0 Å². The van der Waals surface area contributed by atoms with E-state index in [2.05, 4.69) is 52.5 Å². The Morgan fingerprint density at radius 1 is 1.24 bits per heavy atom. The maximum absolute atomic E-state index is 5.48. The number of rotatable bonds is 6. The number of fused-ring (bicyclic) bond motifs is 3. The molecule has 0 saturated carbocycles. The lowest BCUT2D eigenvalue weighted by Crippen LogP contribution is -2.63. The first-order chi connectivity index (χ1) is 12.2. The molecule has 2 bridgehead atoms. The van der Waals surface area contributed by atoms with Gasteiger partial charge in [0.25, 0.3) is 0 Å². The summed E-state index contributed by atoms with van der Waals surface area (Å²) in [6, 6.07) is 6.85. The number of nitrogens with one attached hydrogen (secondary N) is 2. The topological polar surface area (TPSA) is 52.1 Å². The fourth-order valence-electron chi connectivity index (χ4n) is 3.62. The van der Waals surface area contributed by atoms with Gasteiger partial charge in [0, 0.05) is 57.4 Å². The first-order valence-corrected chi connectivity index (χ1v) is 9.31. The highest BCUT2D eigenvalue weighted by Gasteiger charge is 2.31. The Labute approximate surface area is 151 Å². The maximum atomic E-state index is 5.48. The third kappa shape index (κ3) is 4.64. The summed E-state index contributed by atoms with van der Waals surface area (Å²) < 4.78 is 5.48. The van der Waals surface area contributed by atoms with Crippen molar-refractivity contribution in [1.29, 1.82) is 0 Å². The largest absolute Gasteiger partial charge is 0.496 e. The normalized spacial score (nSPS) is 25.7. The van der Waals surface area contributed by atoms with Crippen LogP contribution < -0.4 is 15.4 Å². The molecule has 3 fully saturated rings. The zero-order valence-electron chi connectivity index (χ0n) is 15.7. The molecule has 0 amide bonds. The van der Waals surface area contributed by atoms with Crippen LogP contribution in [0.5, 0.6) is 5.75 Å². The fraction of sp³-hybridized carbons (Fsp3) is 0.632. The van der Waals surface area contributed by atoms with E-state index in [1.54, 1.807) is 7.11 Å². The minimum atomic E-state index is 0.584. The average Bonchev–Trinajstić information content (AvgIpc) is 2.65. The number of piperazine rings is 3. The van der Waals surface area contributed by atoms with Gasteiger partial charge in [0.1, 0.15) is 5.75 Å². The molecule has 0 aliphatic carbocycles. The molecule has 1 aromatic rings. The Morgan fingerprint density at radius 2 is 2.04 bits per heavy atom. The summed E-state index contributed by atoms with van der Waals surface area (Å²) in [5, 5.41) is 6.88. The van der Waals surface area contributed by atoms with Crippen molar-refractivity contribution in [2.45, 2.75) is 26.4 Å². The van der Waals surface area contributed by atoms with Crippen molar-refractivity contribution in [1.82, 2.24) is 20.4 Å². The number of hydrogen-bond acceptors (Lipinski definition) is 4. The Hall–Kier alpha value is -1.79. The summed E-state index contributed by atoms with van der Waals surface area (Å²) in [6.45, 7) is 12.6. The minimum Gasteiger partial charge on any atom is -0.496 e. The molecule has 3 heterocycles. The molecule has 0 radical (unpaired) electrons. The van der Waals surface area contributed by atoms with Crippen LogP contribution in [0.2, 0.25) is 0 Å². The Bertz CT molecular complexity index is 595. The first-order valence-electron chi connectivity index (χ1n) is 9.31. The van der Waals surface area contributed by atoms with Crippen molar-refractivity contribution >= 4 is 5.96 Å². The molecule has 1 aromatic carbocycles. The number of hydrogen-bond donors (Lipinski definition) is 2. The molecule has 2 N–H and O–H groups in total. The van der Waals surface area contributed by atoms with E-state index in [1.165, 1.54) is 31.7 Å². The highest BCUT2D eigenvalue weighted by molar-refractivity contribution is 5.79. The van der Waals surface area contributed by atoms with E-state index in [4.69, 9.17) is 9.73 Å². The van der Waals surface area contributed by atoms with Crippen molar-refractivity contribution < 1.29 is 4.74 Å². The molecule has 6 heteroatoms. The van der Waals surface area contributed by atoms with Gasteiger partial charge in [0.2, 0.25) is 0 Å². The summed E-state index contributed by atoms with van der Waals surface area (Å²) in [5.74, 6) is 1.78. The van der Waals surface area contributed by atoms with Gasteiger partial charge in [-0.25, -0.2) is 4.99 Å². The molecule has 3 aliphatic rings. The van der Waals surface area contributed by atoms with Crippen LogP contribution in [0, 0.1) is 6.92 Å². The third-order valence-corrected chi connectivity index (χ3v) is 5.09. The number of aryl methyl sites for hydroxylation is 1. The molecular weight excluding hydrogens is 314 g/mol. The Kier molecular flexibility index (Phi) is 6.15. The lowest BCUT2D eigenvalue weighted by molar-refractivity contribution is 0.0154. The second-order valence-corrected chi connectivity index (χ2v) is 6.88. The second-order valence-electron chi connectivity index (χ2n) is 6.88. The van der Waals surface area contributed by atoms with Crippen LogP contribution in [-0.2, 0) is 6.54 Å². The lowest BCUT2D eigenvalue weighted by atomic mass is 10.1. The Balaban J connectivity index is 1.59. The number of ether oxygens (including phenoxy) is 1. The van der Waals surface area contributed by atoms with E-state index in [0.717, 1.165) is 36.9 Å². The number of guanidine groups is 1. The number of methoxy groups -OCH3 is 1. The molecule has 0 spiro atoms. The van der Waals surface area contributed by atoms with Crippen molar-refractivity contribution in [3.8, 4) is 5.75 Å². The summed E-state index contributed by atoms with van der Waals surface area (Å²) in [7, 11) is 1.72. The first kappa shape index (κ1) is 18.0. The van der Waals surface area contributed by atoms with Gasteiger partial charge in [-0.3, -0.25) is 9.80 Å². The van der Waals surface area contributed by atoms with Crippen LogP contribution in [-0.4, -0.2) is 74.7 Å². The number of nitrogens with zero attached hydrogens (tertiary/aromatic N) is 3. The number of benzene rings is 1. The smallest absolute Gasteiger partial charge is 0.191 e. The molecule has 4 rings (SSSR count). The molecule has 3 aliphatic heterocycles. The fourth-order valence-corrected chi connectivity index (χ4v) is 3.62. The standard InChI is InChI=1S/C19H31N5O/c1-4-20-19(21-12-16-6-5-15(2)11-18(16)25-3)22-13-17-14-23-7-9-24(17)10-8-23/h5-6,11,17H,4,7-10,12-14H2,1-3H3,(H2,20,21,22). The van der Waals surface area contributed by atoms with Crippen LogP contribution in [0.25, 0.3) is 0 Å². The van der Waals surface area contributed by atoms with Gasteiger partial charge in [-0.1, -0.05) is 12.1 Å². The molecule has 1 atom stereocenters. The van der Waals surface area contributed by atoms with Crippen LogP contribution in [0.3, 0.4) is 0 Å². The highest BCUT2D eigenvalue weighted by Crippen LogP contribution is 2.20. The van der Waals surface area contributed by atoms with Crippen molar-refractivity contribution in [2.24, 2.45) is 4.99 Å². The zero-order valence-corrected chi connectivity index (χ0v) is 15.7. The lowest BCUT2D eigenvalue weighted by Gasteiger charge is -2.47. The van der Waals surface area contributed by atoms with Gasteiger partial charge >= 0.3 is 0 Å². The maximum Gasteiger partial charge on any atom is 0.191 e. The second kappa shape index (κ2) is 8.54. The SMILES string of the molecule is CCNC(=NCc1ccc(C)cc1OC)NCC1CN2CCN1CC2. The van der Waals surface area contributed by atoms with Gasteiger partial charge in [-0.2, -0.15) is 0 Å². The van der Waals surface area contributed by atoms with Crippen LogP contribution in [0.1, 0.15) is 18.1 Å². The zero-order chi connectivity index (χ0) is 17.6.